The van der Waals surface area contributed by atoms with Gasteiger partial charge in [0.25, 0.3) is 0 Å². The van der Waals surface area contributed by atoms with E-state index in [1.165, 1.54) is 25.3 Å². The Kier molecular flexibility index (Phi) is 3.54. The molecule has 2 aliphatic rings. The van der Waals surface area contributed by atoms with Crippen LogP contribution in [0.3, 0.4) is 0 Å². The predicted molar refractivity (Wildman–Crippen MR) is 70.6 cm³/mol. The molecule has 1 aliphatic heterocycles. The Labute approximate surface area is 112 Å². The summed E-state index contributed by atoms with van der Waals surface area (Å²) < 4.78 is 26.8. The zero-order valence-corrected chi connectivity index (χ0v) is 11.0. The van der Waals surface area contributed by atoms with Crippen LogP contribution in [-0.4, -0.2) is 24.5 Å². The van der Waals surface area contributed by atoms with Gasteiger partial charge in [0, 0.05) is 31.2 Å². The number of nitrogens with two attached hydrogens (primary N) is 1. The highest BCUT2D eigenvalue weighted by Gasteiger charge is 2.36. The molecular formula is C15H20F2N2. The summed E-state index contributed by atoms with van der Waals surface area (Å²) in [7, 11) is 0. The molecule has 3 atom stereocenters. The van der Waals surface area contributed by atoms with Crippen molar-refractivity contribution < 1.29 is 8.78 Å². The minimum absolute atomic E-state index is 0.289. The number of nitrogens with zero attached hydrogens (tertiary/aromatic N) is 1. The molecular weight excluding hydrogens is 246 g/mol. The Bertz CT molecular complexity index is 451. The van der Waals surface area contributed by atoms with E-state index in [4.69, 9.17) is 5.73 Å². The molecule has 4 heteroatoms. The zero-order valence-electron chi connectivity index (χ0n) is 11.0. The fraction of sp³-hybridized carbons (Fsp3) is 0.600. The molecule has 2 nitrogen and oxygen atoms in total. The van der Waals surface area contributed by atoms with Gasteiger partial charge in [0.2, 0.25) is 0 Å². The minimum Gasteiger partial charge on any atom is -0.323 e. The average molecular weight is 266 g/mol. The van der Waals surface area contributed by atoms with E-state index in [1.54, 1.807) is 0 Å². The number of hydrogen-bond acceptors (Lipinski definition) is 2. The van der Waals surface area contributed by atoms with Crippen molar-refractivity contribution >= 4 is 0 Å². The summed E-state index contributed by atoms with van der Waals surface area (Å²) in [6.45, 7) is 2.75. The molecule has 0 aromatic heterocycles. The lowest BCUT2D eigenvalue weighted by Gasteiger charge is -2.22. The predicted octanol–water partition coefficient (Wildman–Crippen LogP) is 2.70. The van der Waals surface area contributed by atoms with E-state index < -0.39 is 17.7 Å². The summed E-state index contributed by atoms with van der Waals surface area (Å²) in [5.41, 5.74) is 6.34. The molecule has 2 N–H and O–H groups in total. The Balaban J connectivity index is 1.65. The largest absolute Gasteiger partial charge is 0.323 e. The van der Waals surface area contributed by atoms with E-state index in [-0.39, 0.29) is 5.56 Å². The molecule has 3 unspecified atom stereocenters. The Morgan fingerprint density at radius 1 is 1.21 bits per heavy atom. The topological polar surface area (TPSA) is 29.3 Å². The highest BCUT2D eigenvalue weighted by Crippen LogP contribution is 2.38. The second kappa shape index (κ2) is 5.17. The van der Waals surface area contributed by atoms with Crippen molar-refractivity contribution in [3.63, 3.8) is 0 Å². The number of rotatable bonds is 3. The van der Waals surface area contributed by atoms with E-state index in [1.807, 2.05) is 0 Å². The Morgan fingerprint density at radius 2 is 1.89 bits per heavy atom. The summed E-state index contributed by atoms with van der Waals surface area (Å²) in [5, 5.41) is 0. The summed E-state index contributed by atoms with van der Waals surface area (Å²) in [6.07, 6.45) is 3.96. The number of benzene rings is 1. The quantitative estimate of drug-likeness (QED) is 0.911. The third kappa shape index (κ3) is 2.65. The van der Waals surface area contributed by atoms with Gasteiger partial charge in [0.05, 0.1) is 0 Å². The van der Waals surface area contributed by atoms with Crippen LogP contribution in [0.1, 0.15) is 30.9 Å². The maximum Gasteiger partial charge on any atom is 0.128 e. The molecule has 0 spiro atoms. The van der Waals surface area contributed by atoms with Crippen molar-refractivity contribution in [3.05, 3.63) is 35.4 Å². The molecule has 0 radical (unpaired) electrons. The third-order valence-electron chi connectivity index (χ3n) is 4.61. The maximum absolute atomic E-state index is 13.7. The first-order valence-corrected chi connectivity index (χ1v) is 7.06. The maximum atomic E-state index is 13.7. The SMILES string of the molecule is NC(CN1CC2CCCC2C1)c1cc(F)ccc1F. The zero-order chi connectivity index (χ0) is 13.4. The second-order valence-corrected chi connectivity index (χ2v) is 5.94. The number of fused-ring (bicyclic) bond motifs is 1. The van der Waals surface area contributed by atoms with Crippen molar-refractivity contribution in [2.45, 2.75) is 25.3 Å². The van der Waals surface area contributed by atoms with Gasteiger partial charge in [-0.15, -0.1) is 0 Å². The first-order valence-electron chi connectivity index (χ1n) is 7.06. The van der Waals surface area contributed by atoms with Crippen molar-refractivity contribution in [2.75, 3.05) is 19.6 Å². The van der Waals surface area contributed by atoms with Crippen LogP contribution in [0.4, 0.5) is 8.78 Å². The van der Waals surface area contributed by atoms with Gasteiger partial charge in [-0.05, 0) is 42.9 Å². The third-order valence-corrected chi connectivity index (χ3v) is 4.61. The van der Waals surface area contributed by atoms with Gasteiger partial charge in [-0.3, -0.25) is 0 Å². The normalized spacial score (nSPS) is 28.6. The van der Waals surface area contributed by atoms with Crippen LogP contribution in [0.2, 0.25) is 0 Å². The number of hydrogen-bond donors (Lipinski definition) is 1. The van der Waals surface area contributed by atoms with Crippen LogP contribution >= 0.6 is 0 Å². The van der Waals surface area contributed by atoms with E-state index >= 15 is 0 Å². The first kappa shape index (κ1) is 13.0. The van der Waals surface area contributed by atoms with Crippen LogP contribution in [0, 0.1) is 23.5 Å². The highest BCUT2D eigenvalue weighted by molar-refractivity contribution is 5.22. The molecule has 19 heavy (non-hydrogen) atoms. The highest BCUT2D eigenvalue weighted by atomic mass is 19.1. The van der Waals surface area contributed by atoms with Gasteiger partial charge in [0.1, 0.15) is 11.6 Å². The van der Waals surface area contributed by atoms with Crippen molar-refractivity contribution in [2.24, 2.45) is 17.6 Å². The van der Waals surface area contributed by atoms with E-state index in [0.717, 1.165) is 37.1 Å². The summed E-state index contributed by atoms with van der Waals surface area (Å²) >= 11 is 0. The Morgan fingerprint density at radius 3 is 2.58 bits per heavy atom. The molecule has 1 aromatic rings. The van der Waals surface area contributed by atoms with Gasteiger partial charge in [-0.25, -0.2) is 8.78 Å². The molecule has 1 aliphatic carbocycles. The van der Waals surface area contributed by atoms with Crippen LogP contribution in [-0.2, 0) is 0 Å². The van der Waals surface area contributed by atoms with Gasteiger partial charge in [0.15, 0.2) is 0 Å². The van der Waals surface area contributed by atoms with E-state index in [2.05, 4.69) is 4.90 Å². The molecule has 1 heterocycles. The average Bonchev–Trinajstić information content (AvgIpc) is 2.92. The summed E-state index contributed by atoms with van der Waals surface area (Å²) in [5.74, 6) is 0.757. The summed E-state index contributed by atoms with van der Waals surface area (Å²) in [4.78, 5) is 2.31. The molecule has 1 saturated heterocycles. The fourth-order valence-corrected chi connectivity index (χ4v) is 3.66. The van der Waals surface area contributed by atoms with Crippen molar-refractivity contribution in [1.29, 1.82) is 0 Å². The van der Waals surface area contributed by atoms with E-state index in [9.17, 15) is 8.78 Å². The molecule has 0 bridgehead atoms. The van der Waals surface area contributed by atoms with Crippen LogP contribution in [0.15, 0.2) is 18.2 Å². The van der Waals surface area contributed by atoms with Crippen molar-refractivity contribution in [3.8, 4) is 0 Å². The standard InChI is InChI=1S/C15H20F2N2/c16-12-4-5-14(17)13(6-12)15(18)9-19-7-10-2-1-3-11(10)8-19/h4-6,10-11,15H,1-3,7-9,18H2. The van der Waals surface area contributed by atoms with Crippen molar-refractivity contribution in [1.82, 2.24) is 4.90 Å². The van der Waals surface area contributed by atoms with Gasteiger partial charge >= 0.3 is 0 Å². The Hall–Kier alpha value is -1.00. The monoisotopic (exact) mass is 266 g/mol. The van der Waals surface area contributed by atoms with Gasteiger partial charge in [-0.1, -0.05) is 6.42 Å². The first-order chi connectivity index (χ1) is 9.13. The smallest absolute Gasteiger partial charge is 0.128 e. The molecule has 2 fully saturated rings. The molecule has 1 aromatic carbocycles. The fourth-order valence-electron chi connectivity index (χ4n) is 3.66. The number of halogens is 2. The lowest BCUT2D eigenvalue weighted by molar-refractivity contribution is 0.289. The second-order valence-electron chi connectivity index (χ2n) is 5.94. The van der Waals surface area contributed by atoms with Crippen LogP contribution in [0.5, 0.6) is 0 Å². The lowest BCUT2D eigenvalue weighted by Crippen LogP contribution is -2.31. The minimum atomic E-state index is -0.450. The molecule has 3 rings (SSSR count). The molecule has 0 amide bonds. The van der Waals surface area contributed by atoms with E-state index in [0.29, 0.717) is 6.54 Å². The van der Waals surface area contributed by atoms with Gasteiger partial charge < -0.3 is 10.6 Å². The van der Waals surface area contributed by atoms with Gasteiger partial charge in [-0.2, -0.15) is 0 Å². The molecule has 1 saturated carbocycles. The lowest BCUT2D eigenvalue weighted by atomic mass is 10.0. The number of likely N-dealkylation sites (tertiary alicyclic amines) is 1. The summed E-state index contributed by atoms with van der Waals surface area (Å²) in [6, 6.07) is 3.06. The van der Waals surface area contributed by atoms with Crippen LogP contribution in [0.25, 0.3) is 0 Å². The molecule has 104 valence electrons. The van der Waals surface area contributed by atoms with Crippen LogP contribution < -0.4 is 5.73 Å².